The molecule has 0 radical (unpaired) electrons. The van der Waals surface area contributed by atoms with Gasteiger partial charge in [0.1, 0.15) is 10.8 Å². The van der Waals surface area contributed by atoms with Gasteiger partial charge in [0.05, 0.1) is 12.8 Å². The minimum absolute atomic E-state index is 0.293. The van der Waals surface area contributed by atoms with E-state index in [0.29, 0.717) is 5.95 Å². The Bertz CT molecular complexity index is 582. The van der Waals surface area contributed by atoms with Crippen molar-refractivity contribution in [1.82, 2.24) is 9.97 Å². The third-order valence-corrected chi connectivity index (χ3v) is 3.14. The molecule has 2 rings (SSSR count). The molecular weight excluding hydrogens is 258 g/mol. The number of hydrogen-bond donors (Lipinski definition) is 1. The van der Waals surface area contributed by atoms with Crippen molar-refractivity contribution in [3.05, 3.63) is 41.6 Å². The molecule has 0 spiro atoms. The molecular formula is C14H15N3OS. The number of anilines is 1. The Morgan fingerprint density at radius 3 is 2.53 bits per heavy atom. The zero-order valence-electron chi connectivity index (χ0n) is 10.8. The van der Waals surface area contributed by atoms with Gasteiger partial charge < -0.3 is 10.5 Å². The minimum atomic E-state index is 0.293. The topological polar surface area (TPSA) is 61.0 Å². The summed E-state index contributed by atoms with van der Waals surface area (Å²) < 4.78 is 5.11. The van der Waals surface area contributed by atoms with Gasteiger partial charge in [-0.15, -0.1) is 11.8 Å². The molecule has 98 valence electrons. The van der Waals surface area contributed by atoms with E-state index in [1.165, 1.54) is 0 Å². The first-order chi connectivity index (χ1) is 9.21. The predicted molar refractivity (Wildman–Crippen MR) is 80.1 cm³/mol. The Labute approximate surface area is 116 Å². The highest BCUT2D eigenvalue weighted by molar-refractivity contribution is 7.98. The molecule has 2 aromatic rings. The molecule has 5 heteroatoms. The van der Waals surface area contributed by atoms with Crippen LogP contribution in [-0.2, 0) is 0 Å². The van der Waals surface area contributed by atoms with Crippen molar-refractivity contribution >= 4 is 29.9 Å². The summed E-state index contributed by atoms with van der Waals surface area (Å²) >= 11 is 1.54. The molecule has 0 saturated heterocycles. The van der Waals surface area contributed by atoms with Crippen molar-refractivity contribution in [2.24, 2.45) is 0 Å². The fourth-order valence-corrected chi connectivity index (χ4v) is 1.97. The number of thioether (sulfide) groups is 1. The second-order valence-electron chi connectivity index (χ2n) is 3.80. The number of nitrogen functional groups attached to an aromatic ring is 1. The first-order valence-electron chi connectivity index (χ1n) is 5.72. The van der Waals surface area contributed by atoms with Crippen LogP contribution in [0.2, 0.25) is 0 Å². The molecule has 1 heterocycles. The molecule has 0 aliphatic rings. The van der Waals surface area contributed by atoms with Crippen molar-refractivity contribution in [2.45, 2.75) is 5.03 Å². The number of nitrogens with two attached hydrogens (primary N) is 1. The number of hydrogen-bond acceptors (Lipinski definition) is 5. The molecule has 0 atom stereocenters. The molecule has 0 unspecified atom stereocenters. The minimum Gasteiger partial charge on any atom is -0.497 e. The van der Waals surface area contributed by atoms with E-state index in [0.717, 1.165) is 22.0 Å². The van der Waals surface area contributed by atoms with E-state index in [1.807, 2.05) is 48.7 Å². The average molecular weight is 273 g/mol. The Morgan fingerprint density at radius 1 is 1.16 bits per heavy atom. The molecule has 0 aliphatic heterocycles. The highest BCUT2D eigenvalue weighted by Gasteiger charge is 1.98. The molecule has 1 aromatic heterocycles. The van der Waals surface area contributed by atoms with Crippen LogP contribution in [0.25, 0.3) is 12.2 Å². The van der Waals surface area contributed by atoms with Crippen LogP contribution in [0.15, 0.2) is 35.4 Å². The third kappa shape index (κ3) is 3.72. The summed E-state index contributed by atoms with van der Waals surface area (Å²) in [5.41, 5.74) is 7.53. The van der Waals surface area contributed by atoms with Crippen LogP contribution < -0.4 is 10.5 Å². The second kappa shape index (κ2) is 6.24. The van der Waals surface area contributed by atoms with Crippen LogP contribution >= 0.6 is 11.8 Å². The quantitative estimate of drug-likeness (QED) is 0.685. The lowest BCUT2D eigenvalue weighted by atomic mass is 10.2. The number of rotatable bonds is 4. The number of methoxy groups -OCH3 is 1. The Morgan fingerprint density at radius 2 is 1.89 bits per heavy atom. The van der Waals surface area contributed by atoms with Crippen LogP contribution in [0.3, 0.4) is 0 Å². The van der Waals surface area contributed by atoms with Gasteiger partial charge in [-0.3, -0.25) is 0 Å². The maximum absolute atomic E-state index is 5.66. The highest BCUT2D eigenvalue weighted by Crippen LogP contribution is 2.16. The number of nitrogens with zero attached hydrogens (tertiary/aromatic N) is 2. The summed E-state index contributed by atoms with van der Waals surface area (Å²) in [4.78, 5) is 8.28. The van der Waals surface area contributed by atoms with Gasteiger partial charge in [0.15, 0.2) is 0 Å². The fourth-order valence-electron chi connectivity index (χ4n) is 1.55. The smallest absolute Gasteiger partial charge is 0.221 e. The Balaban J connectivity index is 2.19. The lowest BCUT2D eigenvalue weighted by molar-refractivity contribution is 0.415. The van der Waals surface area contributed by atoms with Crippen LogP contribution in [0.4, 0.5) is 5.95 Å². The van der Waals surface area contributed by atoms with Gasteiger partial charge in [-0.1, -0.05) is 18.2 Å². The molecule has 19 heavy (non-hydrogen) atoms. The largest absolute Gasteiger partial charge is 0.497 e. The molecule has 0 aliphatic carbocycles. The van der Waals surface area contributed by atoms with Crippen LogP contribution in [0.5, 0.6) is 5.75 Å². The van der Waals surface area contributed by atoms with Gasteiger partial charge in [0, 0.05) is 0 Å². The highest BCUT2D eigenvalue weighted by atomic mass is 32.2. The van der Waals surface area contributed by atoms with E-state index in [4.69, 9.17) is 10.5 Å². The van der Waals surface area contributed by atoms with Crippen molar-refractivity contribution in [3.8, 4) is 5.75 Å². The predicted octanol–water partition coefficient (Wildman–Crippen LogP) is 2.96. The number of benzene rings is 1. The number of aromatic nitrogens is 2. The fraction of sp³-hybridized carbons (Fsp3) is 0.143. The van der Waals surface area contributed by atoms with Crippen molar-refractivity contribution < 1.29 is 4.74 Å². The second-order valence-corrected chi connectivity index (χ2v) is 4.63. The van der Waals surface area contributed by atoms with E-state index >= 15 is 0 Å². The maximum atomic E-state index is 5.66. The summed E-state index contributed by atoms with van der Waals surface area (Å²) in [7, 11) is 1.65. The summed E-state index contributed by atoms with van der Waals surface area (Å²) in [5.74, 6) is 1.13. The zero-order chi connectivity index (χ0) is 13.7. The van der Waals surface area contributed by atoms with Crippen LogP contribution in [0, 0.1) is 0 Å². The average Bonchev–Trinajstić information content (AvgIpc) is 2.45. The van der Waals surface area contributed by atoms with E-state index in [1.54, 1.807) is 18.9 Å². The molecule has 0 bridgehead atoms. The van der Waals surface area contributed by atoms with Crippen LogP contribution in [-0.4, -0.2) is 23.3 Å². The monoisotopic (exact) mass is 273 g/mol. The van der Waals surface area contributed by atoms with Crippen molar-refractivity contribution in [1.29, 1.82) is 0 Å². The Hall–Kier alpha value is -2.01. The van der Waals surface area contributed by atoms with Gasteiger partial charge in [0.2, 0.25) is 5.95 Å². The molecule has 4 nitrogen and oxygen atoms in total. The summed E-state index contributed by atoms with van der Waals surface area (Å²) in [6, 6.07) is 9.70. The summed E-state index contributed by atoms with van der Waals surface area (Å²) in [5, 5.41) is 0.863. The SMILES string of the molecule is COc1ccc(/C=C/c2cc(SC)nc(N)n2)cc1. The van der Waals surface area contributed by atoms with Crippen molar-refractivity contribution in [3.63, 3.8) is 0 Å². The lowest BCUT2D eigenvalue weighted by Gasteiger charge is -2.01. The molecule has 0 saturated carbocycles. The lowest BCUT2D eigenvalue weighted by Crippen LogP contribution is -1.97. The first kappa shape index (κ1) is 13.4. The van der Waals surface area contributed by atoms with Gasteiger partial charge in [-0.05, 0) is 36.1 Å². The normalized spacial score (nSPS) is 10.8. The van der Waals surface area contributed by atoms with Gasteiger partial charge in [-0.2, -0.15) is 0 Å². The zero-order valence-corrected chi connectivity index (χ0v) is 11.6. The molecule has 1 aromatic carbocycles. The molecule has 0 fully saturated rings. The van der Waals surface area contributed by atoms with Gasteiger partial charge in [0.25, 0.3) is 0 Å². The van der Waals surface area contributed by atoms with Crippen LogP contribution in [0.1, 0.15) is 11.3 Å². The summed E-state index contributed by atoms with van der Waals surface area (Å²) in [6.07, 6.45) is 5.85. The van der Waals surface area contributed by atoms with Gasteiger partial charge in [-0.25, -0.2) is 9.97 Å². The van der Waals surface area contributed by atoms with Gasteiger partial charge >= 0.3 is 0 Å². The third-order valence-electron chi connectivity index (χ3n) is 2.51. The standard InChI is InChI=1S/C14H15N3OS/c1-18-12-7-4-10(5-8-12)3-6-11-9-13(19-2)17-14(15)16-11/h3-9H,1-2H3,(H2,15,16,17)/b6-3+. The van der Waals surface area contributed by atoms with E-state index in [-0.39, 0.29) is 0 Å². The maximum Gasteiger partial charge on any atom is 0.221 e. The Kier molecular flexibility index (Phi) is 4.41. The number of ether oxygens (including phenoxy) is 1. The summed E-state index contributed by atoms with van der Waals surface area (Å²) in [6.45, 7) is 0. The van der Waals surface area contributed by atoms with Crippen molar-refractivity contribution in [2.75, 3.05) is 19.1 Å². The van der Waals surface area contributed by atoms with E-state index < -0.39 is 0 Å². The van der Waals surface area contributed by atoms with E-state index in [2.05, 4.69) is 9.97 Å². The molecule has 0 amide bonds. The van der Waals surface area contributed by atoms with E-state index in [9.17, 15) is 0 Å². The first-order valence-corrected chi connectivity index (χ1v) is 6.94. The molecule has 2 N–H and O–H groups in total.